The van der Waals surface area contributed by atoms with Gasteiger partial charge in [0.2, 0.25) is 5.82 Å². The van der Waals surface area contributed by atoms with Crippen molar-refractivity contribution in [1.29, 1.82) is 0 Å². The normalized spacial score (nSPS) is 10.4. The molecule has 0 saturated carbocycles. The molecule has 0 aliphatic rings. The molecule has 7 nitrogen and oxygen atoms in total. The SMILES string of the molecule is CCCCN(C)C(=O)c1nc(-c2cnccn2)no1. The van der Waals surface area contributed by atoms with E-state index in [0.717, 1.165) is 12.8 Å². The van der Waals surface area contributed by atoms with Crippen molar-refractivity contribution < 1.29 is 9.32 Å². The van der Waals surface area contributed by atoms with Gasteiger partial charge in [-0.15, -0.1) is 0 Å². The highest BCUT2D eigenvalue weighted by atomic mass is 16.5. The van der Waals surface area contributed by atoms with Gasteiger partial charge in [-0.2, -0.15) is 4.98 Å². The minimum absolute atomic E-state index is 0.0285. The molecule has 2 rings (SSSR count). The topological polar surface area (TPSA) is 85.0 Å². The maximum atomic E-state index is 12.0. The van der Waals surface area contributed by atoms with Crippen LogP contribution in [0.5, 0.6) is 0 Å². The zero-order valence-corrected chi connectivity index (χ0v) is 10.9. The van der Waals surface area contributed by atoms with Crippen molar-refractivity contribution in [2.75, 3.05) is 13.6 Å². The number of carbonyl (C=O) groups is 1. The van der Waals surface area contributed by atoms with E-state index in [0.29, 0.717) is 12.2 Å². The van der Waals surface area contributed by atoms with Gasteiger partial charge in [0.1, 0.15) is 5.69 Å². The van der Waals surface area contributed by atoms with E-state index in [-0.39, 0.29) is 17.6 Å². The molecule has 0 aromatic carbocycles. The molecule has 19 heavy (non-hydrogen) atoms. The number of unbranched alkanes of at least 4 members (excludes halogenated alkanes) is 1. The Balaban J connectivity index is 2.11. The molecule has 0 atom stereocenters. The summed E-state index contributed by atoms with van der Waals surface area (Å²) in [5.74, 6) is -0.0457. The highest BCUT2D eigenvalue weighted by molar-refractivity contribution is 5.89. The first-order chi connectivity index (χ1) is 9.22. The fourth-order valence-corrected chi connectivity index (χ4v) is 1.49. The number of amides is 1. The molecule has 0 bridgehead atoms. The van der Waals surface area contributed by atoms with Gasteiger partial charge in [-0.25, -0.2) is 4.98 Å². The molecule has 0 radical (unpaired) electrons. The van der Waals surface area contributed by atoms with Crippen LogP contribution >= 0.6 is 0 Å². The van der Waals surface area contributed by atoms with Crippen LogP contribution in [0.15, 0.2) is 23.1 Å². The van der Waals surface area contributed by atoms with Crippen molar-refractivity contribution in [3.8, 4) is 11.5 Å². The Morgan fingerprint density at radius 2 is 2.26 bits per heavy atom. The smallest absolute Gasteiger partial charge is 0.316 e. The Hall–Kier alpha value is -2.31. The highest BCUT2D eigenvalue weighted by Gasteiger charge is 2.20. The van der Waals surface area contributed by atoms with Crippen molar-refractivity contribution in [2.45, 2.75) is 19.8 Å². The van der Waals surface area contributed by atoms with Crippen molar-refractivity contribution in [2.24, 2.45) is 0 Å². The Kier molecular flexibility index (Phi) is 4.17. The lowest BCUT2D eigenvalue weighted by molar-refractivity contribution is 0.0744. The Morgan fingerprint density at radius 3 is 2.95 bits per heavy atom. The van der Waals surface area contributed by atoms with Gasteiger partial charge in [0, 0.05) is 26.0 Å². The van der Waals surface area contributed by atoms with Crippen LogP contribution in [0, 0.1) is 0 Å². The van der Waals surface area contributed by atoms with Crippen LogP contribution in [0.3, 0.4) is 0 Å². The van der Waals surface area contributed by atoms with E-state index in [1.165, 1.54) is 12.4 Å². The van der Waals surface area contributed by atoms with Crippen LogP contribution in [0.25, 0.3) is 11.5 Å². The molecule has 0 aliphatic carbocycles. The third-order valence-electron chi connectivity index (χ3n) is 2.60. The molecule has 0 saturated heterocycles. The Labute approximate surface area is 110 Å². The van der Waals surface area contributed by atoms with Gasteiger partial charge >= 0.3 is 11.8 Å². The summed E-state index contributed by atoms with van der Waals surface area (Å²) >= 11 is 0. The number of hydrogen-bond donors (Lipinski definition) is 0. The van der Waals surface area contributed by atoms with Crippen LogP contribution in [-0.2, 0) is 0 Å². The zero-order valence-electron chi connectivity index (χ0n) is 10.9. The lowest BCUT2D eigenvalue weighted by Crippen LogP contribution is -2.27. The van der Waals surface area contributed by atoms with E-state index in [1.807, 2.05) is 0 Å². The van der Waals surface area contributed by atoms with E-state index < -0.39 is 0 Å². The van der Waals surface area contributed by atoms with E-state index in [9.17, 15) is 4.79 Å². The Bertz CT molecular complexity index is 540. The van der Waals surface area contributed by atoms with Crippen LogP contribution in [-0.4, -0.2) is 44.5 Å². The molecule has 2 aromatic heterocycles. The first kappa shape index (κ1) is 13.1. The van der Waals surface area contributed by atoms with Crippen molar-refractivity contribution >= 4 is 5.91 Å². The van der Waals surface area contributed by atoms with E-state index >= 15 is 0 Å². The summed E-state index contributed by atoms with van der Waals surface area (Å²) < 4.78 is 4.96. The summed E-state index contributed by atoms with van der Waals surface area (Å²) in [6.07, 6.45) is 6.55. The van der Waals surface area contributed by atoms with Gasteiger partial charge in [0.25, 0.3) is 0 Å². The molecule has 0 unspecified atom stereocenters. The molecule has 2 aromatic rings. The van der Waals surface area contributed by atoms with Crippen LogP contribution in [0.4, 0.5) is 0 Å². The number of hydrogen-bond acceptors (Lipinski definition) is 6. The van der Waals surface area contributed by atoms with E-state index in [4.69, 9.17) is 4.52 Å². The molecule has 7 heteroatoms. The Morgan fingerprint density at radius 1 is 1.42 bits per heavy atom. The molecule has 2 heterocycles. The summed E-state index contributed by atoms with van der Waals surface area (Å²) in [5, 5.41) is 3.73. The fraction of sp³-hybridized carbons (Fsp3) is 0.417. The van der Waals surface area contributed by atoms with Gasteiger partial charge in [-0.3, -0.25) is 9.78 Å². The zero-order chi connectivity index (χ0) is 13.7. The summed E-state index contributed by atoms with van der Waals surface area (Å²) in [4.78, 5) is 25.5. The van der Waals surface area contributed by atoms with Gasteiger partial charge < -0.3 is 9.42 Å². The number of carbonyl (C=O) groups excluding carboxylic acids is 1. The van der Waals surface area contributed by atoms with Crippen molar-refractivity contribution in [3.63, 3.8) is 0 Å². The summed E-state index contributed by atoms with van der Waals surface area (Å²) in [5.41, 5.74) is 0.474. The molecule has 1 amide bonds. The van der Waals surface area contributed by atoms with Gasteiger partial charge in [0.05, 0.1) is 6.20 Å². The summed E-state index contributed by atoms with van der Waals surface area (Å²) in [6.45, 7) is 2.73. The standard InChI is InChI=1S/C12H15N5O2/c1-3-4-7-17(2)12(18)11-15-10(16-19-11)9-8-13-5-6-14-9/h5-6,8H,3-4,7H2,1-2H3. The highest BCUT2D eigenvalue weighted by Crippen LogP contribution is 2.11. The number of rotatable bonds is 5. The summed E-state index contributed by atoms with van der Waals surface area (Å²) in [7, 11) is 1.71. The van der Waals surface area contributed by atoms with Gasteiger partial charge in [0.15, 0.2) is 0 Å². The number of nitrogens with zero attached hydrogens (tertiary/aromatic N) is 5. The third-order valence-corrected chi connectivity index (χ3v) is 2.60. The molecule has 0 aliphatic heterocycles. The third kappa shape index (κ3) is 3.12. The predicted octanol–water partition coefficient (Wildman–Crippen LogP) is 1.40. The molecular weight excluding hydrogens is 246 g/mol. The van der Waals surface area contributed by atoms with Crippen LogP contribution in [0.2, 0.25) is 0 Å². The second-order valence-electron chi connectivity index (χ2n) is 4.09. The van der Waals surface area contributed by atoms with Gasteiger partial charge in [-0.1, -0.05) is 18.5 Å². The molecule has 0 spiro atoms. The lowest BCUT2D eigenvalue weighted by Gasteiger charge is -2.13. The predicted molar refractivity (Wildman–Crippen MR) is 67.2 cm³/mol. The first-order valence-electron chi connectivity index (χ1n) is 6.08. The quantitative estimate of drug-likeness (QED) is 0.808. The van der Waals surface area contributed by atoms with Crippen molar-refractivity contribution in [3.05, 3.63) is 24.5 Å². The van der Waals surface area contributed by atoms with E-state index in [1.54, 1.807) is 18.1 Å². The minimum Gasteiger partial charge on any atom is -0.338 e. The van der Waals surface area contributed by atoms with Crippen molar-refractivity contribution in [1.82, 2.24) is 25.0 Å². The fourth-order valence-electron chi connectivity index (χ4n) is 1.49. The largest absolute Gasteiger partial charge is 0.338 e. The second-order valence-corrected chi connectivity index (χ2v) is 4.09. The molecular formula is C12H15N5O2. The minimum atomic E-state index is -0.281. The van der Waals surface area contributed by atoms with Crippen LogP contribution < -0.4 is 0 Å². The van der Waals surface area contributed by atoms with Gasteiger partial charge in [-0.05, 0) is 6.42 Å². The summed E-state index contributed by atoms with van der Waals surface area (Å²) in [6, 6.07) is 0. The average molecular weight is 261 g/mol. The monoisotopic (exact) mass is 261 g/mol. The molecule has 100 valence electrons. The maximum Gasteiger partial charge on any atom is 0.316 e. The first-order valence-corrected chi connectivity index (χ1v) is 6.08. The van der Waals surface area contributed by atoms with E-state index in [2.05, 4.69) is 27.0 Å². The van der Waals surface area contributed by atoms with Crippen LogP contribution in [0.1, 0.15) is 30.5 Å². The molecule has 0 fully saturated rings. The number of aromatic nitrogens is 4. The average Bonchev–Trinajstić information content (AvgIpc) is 2.94. The second kappa shape index (κ2) is 6.03. The molecule has 0 N–H and O–H groups in total. The lowest BCUT2D eigenvalue weighted by atomic mass is 10.3. The maximum absolute atomic E-state index is 12.0.